The number of piperidine rings is 1. The Morgan fingerprint density at radius 3 is 2.51 bits per heavy atom. The molecule has 8 nitrogen and oxygen atoms in total. The first-order valence-corrected chi connectivity index (χ1v) is 14.1. The van der Waals surface area contributed by atoms with Gasteiger partial charge in [0.15, 0.2) is 11.8 Å². The summed E-state index contributed by atoms with van der Waals surface area (Å²) in [5.41, 5.74) is 6.60. The van der Waals surface area contributed by atoms with Gasteiger partial charge in [-0.1, -0.05) is 12.6 Å². The van der Waals surface area contributed by atoms with Gasteiger partial charge in [0.05, 0.1) is 5.69 Å². The lowest BCUT2D eigenvalue weighted by molar-refractivity contribution is -0.127. The van der Waals surface area contributed by atoms with Gasteiger partial charge in [-0.05, 0) is 91.4 Å². The van der Waals surface area contributed by atoms with Gasteiger partial charge in [-0.2, -0.15) is 0 Å². The fourth-order valence-corrected chi connectivity index (χ4v) is 6.18. The molecule has 41 heavy (non-hydrogen) atoms. The van der Waals surface area contributed by atoms with Crippen LogP contribution in [-0.4, -0.2) is 56.9 Å². The molecule has 1 aliphatic carbocycles. The van der Waals surface area contributed by atoms with Crippen molar-refractivity contribution in [2.75, 3.05) is 13.1 Å². The average Bonchev–Trinajstić information content (AvgIpc) is 3.76. The lowest BCUT2D eigenvalue weighted by atomic mass is 10.0. The van der Waals surface area contributed by atoms with Gasteiger partial charge in [0.25, 0.3) is 0 Å². The Morgan fingerprint density at radius 1 is 0.976 bits per heavy atom. The first-order chi connectivity index (χ1) is 20.1. The van der Waals surface area contributed by atoms with Crippen molar-refractivity contribution in [2.45, 2.75) is 43.9 Å². The van der Waals surface area contributed by atoms with Crippen molar-refractivity contribution in [3.05, 3.63) is 89.9 Å². The number of pyridine rings is 1. The normalized spacial score (nSPS) is 18.9. The zero-order valence-corrected chi connectivity index (χ0v) is 22.6. The predicted molar refractivity (Wildman–Crippen MR) is 158 cm³/mol. The zero-order valence-electron chi connectivity index (χ0n) is 22.6. The molecule has 1 amide bonds. The molecule has 2 aromatic carbocycles. The van der Waals surface area contributed by atoms with Crippen molar-refractivity contribution in [1.29, 1.82) is 0 Å². The fourth-order valence-electron chi connectivity index (χ4n) is 6.18. The molecule has 4 aromatic rings. The molecule has 4 heterocycles. The zero-order chi connectivity index (χ0) is 27.9. The molecule has 206 valence electrons. The van der Waals surface area contributed by atoms with Crippen molar-refractivity contribution in [2.24, 2.45) is 9.98 Å². The van der Waals surface area contributed by atoms with Gasteiger partial charge in [-0.25, -0.2) is 14.4 Å². The number of likely N-dealkylation sites (tertiary alicyclic amines) is 1. The number of carbonyl (C=O) groups is 1. The molecule has 7 rings (SSSR count). The largest absolute Gasteiger partial charge is 0.339 e. The molecule has 2 aliphatic heterocycles. The van der Waals surface area contributed by atoms with Crippen LogP contribution in [0.5, 0.6) is 0 Å². The summed E-state index contributed by atoms with van der Waals surface area (Å²) in [7, 11) is 0. The maximum Gasteiger partial charge on any atom is 0.245 e. The molecule has 0 unspecified atom stereocenters. The predicted octanol–water partition coefficient (Wildman–Crippen LogP) is 5.13. The highest BCUT2D eigenvalue weighted by Gasteiger charge is 2.29. The summed E-state index contributed by atoms with van der Waals surface area (Å²) in [6, 6.07) is 17.5. The number of aliphatic imine (C=N–C) groups is 2. The minimum Gasteiger partial charge on any atom is -0.339 e. The molecule has 1 N–H and O–H groups in total. The topological polar surface area (TPSA) is 87.8 Å². The second-order valence-electron chi connectivity index (χ2n) is 10.8. The molecule has 1 atom stereocenters. The van der Waals surface area contributed by atoms with Crippen LogP contribution >= 0.6 is 0 Å². The SMILES string of the molecule is C=CC(=O)N1CCC(N[C@H]2CCc3cc(-n4c(-c5ccc(F)cc5)nc5ccc(C6N=CC=N6)nc54)ccc32)CC1. The van der Waals surface area contributed by atoms with E-state index in [4.69, 9.17) is 9.97 Å². The summed E-state index contributed by atoms with van der Waals surface area (Å²) in [5.74, 6) is 0.430. The molecule has 0 radical (unpaired) electrons. The van der Waals surface area contributed by atoms with Crippen LogP contribution in [0.25, 0.3) is 28.2 Å². The molecule has 0 saturated carbocycles. The maximum absolute atomic E-state index is 13.8. The second-order valence-corrected chi connectivity index (χ2v) is 10.8. The molecule has 0 spiro atoms. The molecule has 0 bridgehead atoms. The average molecular weight is 548 g/mol. The number of aromatic nitrogens is 3. The highest BCUT2D eigenvalue weighted by molar-refractivity contribution is 6.17. The number of nitrogens with one attached hydrogen (secondary N) is 1. The molecule has 2 aromatic heterocycles. The molecule has 9 heteroatoms. The van der Waals surface area contributed by atoms with E-state index in [9.17, 15) is 9.18 Å². The minimum atomic E-state index is -0.356. The number of carbonyl (C=O) groups excluding carboxylic acids is 1. The number of aryl methyl sites for hydroxylation is 1. The summed E-state index contributed by atoms with van der Waals surface area (Å²) >= 11 is 0. The van der Waals surface area contributed by atoms with Gasteiger partial charge in [-0.3, -0.25) is 19.3 Å². The lowest BCUT2D eigenvalue weighted by Crippen LogP contribution is -2.45. The van der Waals surface area contributed by atoms with Crippen molar-refractivity contribution in [1.82, 2.24) is 24.8 Å². The molecular weight excluding hydrogens is 517 g/mol. The Balaban J connectivity index is 1.22. The Morgan fingerprint density at radius 2 is 1.76 bits per heavy atom. The maximum atomic E-state index is 13.8. The number of rotatable bonds is 6. The van der Waals surface area contributed by atoms with Crippen molar-refractivity contribution < 1.29 is 9.18 Å². The summed E-state index contributed by atoms with van der Waals surface area (Å²) < 4.78 is 15.8. The third kappa shape index (κ3) is 4.76. The number of imidazole rings is 1. The summed E-state index contributed by atoms with van der Waals surface area (Å²) in [6.07, 6.45) is 8.29. The highest BCUT2D eigenvalue weighted by atomic mass is 19.1. The van der Waals surface area contributed by atoms with Crippen molar-refractivity contribution in [3.63, 3.8) is 0 Å². The smallest absolute Gasteiger partial charge is 0.245 e. The highest BCUT2D eigenvalue weighted by Crippen LogP contribution is 2.36. The van der Waals surface area contributed by atoms with Crippen LogP contribution in [0.1, 0.15) is 48.3 Å². The van der Waals surface area contributed by atoms with Gasteiger partial charge < -0.3 is 10.2 Å². The van der Waals surface area contributed by atoms with Crippen molar-refractivity contribution in [3.8, 4) is 17.1 Å². The number of amides is 1. The van der Waals surface area contributed by atoms with E-state index in [1.165, 1.54) is 29.3 Å². The van der Waals surface area contributed by atoms with E-state index in [1.807, 2.05) is 17.0 Å². The quantitative estimate of drug-likeness (QED) is 0.339. The van der Waals surface area contributed by atoms with Crippen LogP contribution in [0.15, 0.2) is 77.2 Å². The minimum absolute atomic E-state index is 0.0135. The molecular formula is C32H30FN7O. The van der Waals surface area contributed by atoms with E-state index in [1.54, 1.807) is 24.6 Å². The van der Waals surface area contributed by atoms with E-state index in [0.29, 0.717) is 17.5 Å². The Hall–Kier alpha value is -4.50. The number of hydrogen-bond donors (Lipinski definition) is 1. The summed E-state index contributed by atoms with van der Waals surface area (Å²) in [6.45, 7) is 5.13. The van der Waals surface area contributed by atoms with Crippen molar-refractivity contribution >= 4 is 29.5 Å². The van der Waals surface area contributed by atoms with Crippen LogP contribution < -0.4 is 5.32 Å². The summed E-state index contributed by atoms with van der Waals surface area (Å²) in [5, 5.41) is 3.86. The summed E-state index contributed by atoms with van der Waals surface area (Å²) in [4.78, 5) is 32.5. The number of fused-ring (bicyclic) bond motifs is 2. The van der Waals surface area contributed by atoms with Crippen LogP contribution in [0.4, 0.5) is 4.39 Å². The molecule has 1 saturated heterocycles. The van der Waals surface area contributed by atoms with Gasteiger partial charge in [0, 0.05) is 48.9 Å². The van der Waals surface area contributed by atoms with Gasteiger partial charge in [-0.15, -0.1) is 0 Å². The monoisotopic (exact) mass is 547 g/mol. The van der Waals surface area contributed by atoms with E-state index in [-0.39, 0.29) is 23.9 Å². The lowest BCUT2D eigenvalue weighted by Gasteiger charge is -2.33. The third-order valence-corrected chi connectivity index (χ3v) is 8.29. The van der Waals surface area contributed by atoms with Crippen LogP contribution in [-0.2, 0) is 11.2 Å². The Kier molecular flexibility index (Phi) is 6.51. The van der Waals surface area contributed by atoms with Crippen LogP contribution in [0.2, 0.25) is 0 Å². The fraction of sp³-hybridized carbons (Fsp3) is 0.281. The number of hydrogen-bond acceptors (Lipinski definition) is 6. The molecule has 1 fully saturated rings. The van der Waals surface area contributed by atoms with Crippen LogP contribution in [0.3, 0.4) is 0 Å². The second kappa shape index (κ2) is 10.5. The van der Waals surface area contributed by atoms with Gasteiger partial charge in [0.2, 0.25) is 5.91 Å². The van der Waals surface area contributed by atoms with E-state index < -0.39 is 0 Å². The van der Waals surface area contributed by atoms with Crippen LogP contribution in [0, 0.1) is 5.82 Å². The van der Waals surface area contributed by atoms with E-state index >= 15 is 0 Å². The van der Waals surface area contributed by atoms with E-state index in [0.717, 1.165) is 61.2 Å². The Bertz CT molecular complexity index is 1690. The van der Waals surface area contributed by atoms with Gasteiger partial charge in [0.1, 0.15) is 17.2 Å². The number of halogens is 1. The standard InChI is InChI=1S/C32H30FN7O/c1-2-29(41)39-17-13-23(14-18-39)36-26-10-5-21-19-24(8-9-25(21)26)40-31(20-3-6-22(33)7-4-20)38-28-12-11-27(37-32(28)40)30-34-15-16-35-30/h2-4,6-9,11-12,15-16,19,23,26,30,36H,1,5,10,13-14,17-18H2/t26-/m0/s1. The van der Waals surface area contributed by atoms with Gasteiger partial charge >= 0.3 is 0 Å². The molecule has 3 aliphatic rings. The first-order valence-electron chi connectivity index (χ1n) is 14.1. The third-order valence-electron chi connectivity index (χ3n) is 8.29. The Labute approximate surface area is 237 Å². The number of nitrogens with zero attached hydrogens (tertiary/aromatic N) is 6. The number of benzene rings is 2. The van der Waals surface area contributed by atoms with E-state index in [2.05, 4.69) is 44.6 Å². The first kappa shape index (κ1) is 25.5.